The van der Waals surface area contributed by atoms with Gasteiger partial charge in [0.25, 0.3) is 0 Å². The maximum atomic E-state index is 12.4. The largest absolute Gasteiger partial charge is 0.322 e. The fourth-order valence-corrected chi connectivity index (χ4v) is 3.47. The van der Waals surface area contributed by atoms with Gasteiger partial charge < -0.3 is 11.1 Å². The summed E-state index contributed by atoms with van der Waals surface area (Å²) in [7, 11) is 1.85. The summed E-state index contributed by atoms with van der Waals surface area (Å²) in [6.07, 6.45) is 9.33. The zero-order chi connectivity index (χ0) is 18.0. The van der Waals surface area contributed by atoms with E-state index < -0.39 is 6.04 Å². The van der Waals surface area contributed by atoms with Crippen LogP contribution in [-0.4, -0.2) is 31.7 Å². The van der Waals surface area contributed by atoms with E-state index in [1.54, 1.807) is 23.3 Å². The first-order chi connectivity index (χ1) is 12.0. The van der Waals surface area contributed by atoms with Crippen molar-refractivity contribution in [2.75, 3.05) is 5.32 Å². The van der Waals surface area contributed by atoms with Gasteiger partial charge >= 0.3 is 0 Å². The molecule has 3 N–H and O–H groups in total. The number of rotatable bonds is 4. The van der Waals surface area contributed by atoms with E-state index in [4.69, 9.17) is 5.73 Å². The number of aromatic nitrogens is 4. The van der Waals surface area contributed by atoms with Gasteiger partial charge in [0.15, 0.2) is 5.82 Å². The molecule has 1 aliphatic rings. The molecule has 1 fully saturated rings. The lowest BCUT2D eigenvalue weighted by Gasteiger charge is -2.29. The zero-order valence-electron chi connectivity index (χ0n) is 15.1. The van der Waals surface area contributed by atoms with Gasteiger partial charge in [-0.3, -0.25) is 9.48 Å². The lowest BCUT2D eigenvalue weighted by atomic mass is 9.79. The Labute approximate surface area is 148 Å². The lowest BCUT2D eigenvalue weighted by Crippen LogP contribution is -2.43. The number of nitrogens with zero attached hydrogens (tertiary/aromatic N) is 4. The summed E-state index contributed by atoms with van der Waals surface area (Å²) in [6.45, 7) is 4.22. The van der Waals surface area contributed by atoms with Crippen LogP contribution in [-0.2, 0) is 11.8 Å². The van der Waals surface area contributed by atoms with Gasteiger partial charge in [0.2, 0.25) is 5.91 Å². The molecule has 1 atom stereocenters. The van der Waals surface area contributed by atoms with Crippen molar-refractivity contribution in [2.24, 2.45) is 24.6 Å². The first kappa shape index (κ1) is 17.5. The summed E-state index contributed by atoms with van der Waals surface area (Å²) >= 11 is 0. The summed E-state index contributed by atoms with van der Waals surface area (Å²) in [5.41, 5.74) is 8.60. The number of carbonyl (C=O) groups excluding carboxylic acids is 1. The minimum Gasteiger partial charge on any atom is -0.322 e. The third-order valence-corrected chi connectivity index (χ3v) is 5.12. The van der Waals surface area contributed by atoms with Gasteiger partial charge in [-0.05, 0) is 37.2 Å². The number of carbonyl (C=O) groups is 1. The molecule has 1 aliphatic carbocycles. The Morgan fingerprint density at radius 1 is 1.24 bits per heavy atom. The van der Waals surface area contributed by atoms with Crippen LogP contribution in [0.15, 0.2) is 18.6 Å². The molecular weight excluding hydrogens is 316 g/mol. The van der Waals surface area contributed by atoms with E-state index in [1.165, 1.54) is 0 Å². The number of hydrogen-bond donors (Lipinski definition) is 2. The minimum absolute atomic E-state index is 0.160. The average molecular weight is 342 g/mol. The highest BCUT2D eigenvalue weighted by Gasteiger charge is 2.28. The third kappa shape index (κ3) is 3.87. The van der Waals surface area contributed by atoms with Crippen molar-refractivity contribution in [3.8, 4) is 11.5 Å². The summed E-state index contributed by atoms with van der Waals surface area (Å²) in [6, 6.07) is -0.480. The summed E-state index contributed by atoms with van der Waals surface area (Å²) in [4.78, 5) is 21.1. The molecule has 0 saturated heterocycles. The Balaban J connectivity index is 1.64. The molecule has 1 amide bonds. The van der Waals surface area contributed by atoms with Crippen LogP contribution in [0.5, 0.6) is 0 Å². The van der Waals surface area contributed by atoms with Crippen molar-refractivity contribution in [2.45, 2.75) is 45.6 Å². The molecule has 2 heterocycles. The second kappa shape index (κ2) is 7.31. The van der Waals surface area contributed by atoms with E-state index >= 15 is 0 Å². The molecule has 3 rings (SSSR count). The van der Waals surface area contributed by atoms with E-state index in [9.17, 15) is 4.79 Å². The third-order valence-electron chi connectivity index (χ3n) is 5.12. The first-order valence-corrected chi connectivity index (χ1v) is 8.83. The maximum Gasteiger partial charge on any atom is 0.241 e. The molecule has 2 aromatic rings. The van der Waals surface area contributed by atoms with Gasteiger partial charge in [0, 0.05) is 7.05 Å². The van der Waals surface area contributed by atoms with Gasteiger partial charge in [-0.1, -0.05) is 19.8 Å². The monoisotopic (exact) mass is 342 g/mol. The molecule has 134 valence electrons. The predicted molar refractivity (Wildman–Crippen MR) is 96.7 cm³/mol. The Hall–Kier alpha value is -2.28. The van der Waals surface area contributed by atoms with Gasteiger partial charge in [-0.2, -0.15) is 5.10 Å². The topological polar surface area (TPSA) is 98.7 Å². The van der Waals surface area contributed by atoms with Crippen LogP contribution >= 0.6 is 0 Å². The highest BCUT2D eigenvalue weighted by molar-refractivity contribution is 5.94. The van der Waals surface area contributed by atoms with E-state index in [-0.39, 0.29) is 11.8 Å². The SMILES string of the molecule is Cc1cnn(C)c1-c1ncc(NC(=O)[C@@H](N)C2CCC(C)CC2)cn1. The quantitative estimate of drug-likeness (QED) is 0.888. The van der Waals surface area contributed by atoms with Crippen molar-refractivity contribution in [3.63, 3.8) is 0 Å². The average Bonchev–Trinajstić information content (AvgIpc) is 2.94. The fraction of sp³-hybridized carbons (Fsp3) is 0.556. The Bertz CT molecular complexity index is 711. The highest BCUT2D eigenvalue weighted by Crippen LogP contribution is 2.30. The molecule has 25 heavy (non-hydrogen) atoms. The van der Waals surface area contributed by atoms with E-state index in [2.05, 4.69) is 27.3 Å². The second-order valence-electron chi connectivity index (χ2n) is 7.13. The van der Waals surface area contributed by atoms with Crippen molar-refractivity contribution in [3.05, 3.63) is 24.2 Å². The van der Waals surface area contributed by atoms with Crippen LogP contribution in [0, 0.1) is 18.8 Å². The second-order valence-corrected chi connectivity index (χ2v) is 7.13. The number of anilines is 1. The number of hydrogen-bond acceptors (Lipinski definition) is 5. The summed E-state index contributed by atoms with van der Waals surface area (Å²) < 4.78 is 1.74. The fourth-order valence-electron chi connectivity index (χ4n) is 3.47. The van der Waals surface area contributed by atoms with Crippen LogP contribution in [0.2, 0.25) is 0 Å². The van der Waals surface area contributed by atoms with Crippen LogP contribution < -0.4 is 11.1 Å². The predicted octanol–water partition coefficient (Wildman–Crippen LogP) is 2.28. The summed E-state index contributed by atoms with van der Waals surface area (Å²) in [5.74, 6) is 1.42. The van der Waals surface area contributed by atoms with E-state index in [0.29, 0.717) is 11.5 Å². The van der Waals surface area contributed by atoms with Crippen LogP contribution in [0.25, 0.3) is 11.5 Å². The van der Waals surface area contributed by atoms with Crippen LogP contribution in [0.3, 0.4) is 0 Å². The molecule has 7 nitrogen and oxygen atoms in total. The minimum atomic E-state index is -0.480. The van der Waals surface area contributed by atoms with Crippen molar-refractivity contribution in [1.82, 2.24) is 19.7 Å². The molecule has 0 aromatic carbocycles. The van der Waals surface area contributed by atoms with Crippen molar-refractivity contribution in [1.29, 1.82) is 0 Å². The lowest BCUT2D eigenvalue weighted by molar-refractivity contribution is -0.118. The van der Waals surface area contributed by atoms with Crippen molar-refractivity contribution < 1.29 is 4.79 Å². The Kier molecular flexibility index (Phi) is 5.13. The standard InChI is InChI=1S/C18H26N6O/c1-11-4-6-13(7-5-11)15(19)18(25)23-14-9-20-17(21-10-14)16-12(2)8-22-24(16)3/h8-11,13,15H,4-7,19H2,1-3H3,(H,23,25)/t11?,13?,15-/m0/s1. The van der Waals surface area contributed by atoms with Crippen LogP contribution in [0.4, 0.5) is 5.69 Å². The molecular formula is C18H26N6O. The van der Waals surface area contributed by atoms with E-state index in [1.807, 2.05) is 14.0 Å². The van der Waals surface area contributed by atoms with Crippen LogP contribution in [0.1, 0.15) is 38.2 Å². The summed E-state index contributed by atoms with van der Waals surface area (Å²) in [5, 5.41) is 7.03. The number of nitrogens with one attached hydrogen (secondary N) is 1. The van der Waals surface area contributed by atoms with Crippen molar-refractivity contribution >= 4 is 11.6 Å². The molecule has 2 aromatic heterocycles. The van der Waals surface area contributed by atoms with E-state index in [0.717, 1.165) is 42.9 Å². The maximum absolute atomic E-state index is 12.4. The normalized spacial score (nSPS) is 21.8. The first-order valence-electron chi connectivity index (χ1n) is 8.83. The molecule has 0 aliphatic heterocycles. The number of aryl methyl sites for hydroxylation is 2. The molecule has 1 saturated carbocycles. The zero-order valence-corrected chi connectivity index (χ0v) is 15.1. The molecule has 7 heteroatoms. The van der Waals surface area contributed by atoms with Gasteiger partial charge in [-0.15, -0.1) is 0 Å². The molecule has 0 spiro atoms. The number of amides is 1. The number of nitrogens with two attached hydrogens (primary N) is 1. The van der Waals surface area contributed by atoms with Gasteiger partial charge in [0.05, 0.1) is 30.3 Å². The molecule has 0 radical (unpaired) electrons. The Morgan fingerprint density at radius 3 is 2.44 bits per heavy atom. The smallest absolute Gasteiger partial charge is 0.241 e. The molecule has 0 unspecified atom stereocenters. The Morgan fingerprint density at radius 2 is 1.88 bits per heavy atom. The van der Waals surface area contributed by atoms with Gasteiger partial charge in [-0.25, -0.2) is 9.97 Å². The molecule has 0 bridgehead atoms. The van der Waals surface area contributed by atoms with Gasteiger partial charge in [0.1, 0.15) is 5.69 Å². The highest BCUT2D eigenvalue weighted by atomic mass is 16.2.